The van der Waals surface area contributed by atoms with Crippen molar-refractivity contribution in [1.29, 1.82) is 0 Å². The second-order valence-corrected chi connectivity index (χ2v) is 6.41. The molecule has 4 nitrogen and oxygen atoms in total. The van der Waals surface area contributed by atoms with E-state index in [2.05, 4.69) is 10.6 Å². The Morgan fingerprint density at radius 2 is 1.91 bits per heavy atom. The minimum Gasteiger partial charge on any atom is -0.326 e. The van der Waals surface area contributed by atoms with Gasteiger partial charge in [0.25, 0.3) is 0 Å². The van der Waals surface area contributed by atoms with Crippen LogP contribution in [-0.4, -0.2) is 11.8 Å². The summed E-state index contributed by atoms with van der Waals surface area (Å²) in [5.74, 6) is -0.160. The summed E-state index contributed by atoms with van der Waals surface area (Å²) >= 11 is 6.33. The number of fused-ring (bicyclic) bond motifs is 1. The Morgan fingerprint density at radius 1 is 1.22 bits per heavy atom. The fourth-order valence-electron chi connectivity index (χ4n) is 3.05. The first kappa shape index (κ1) is 15.6. The third-order valence-corrected chi connectivity index (χ3v) is 4.46. The molecular weight excluding hydrogens is 312 g/mol. The highest BCUT2D eigenvalue weighted by Crippen LogP contribution is 2.43. The smallest absolute Gasteiger partial charge is 0.235 e. The molecule has 2 N–H and O–H groups in total. The van der Waals surface area contributed by atoms with Crippen molar-refractivity contribution in [3.8, 4) is 0 Å². The molecule has 0 saturated heterocycles. The monoisotopic (exact) mass is 328 g/mol. The molecule has 1 unspecified atom stereocenters. The maximum absolute atomic E-state index is 12.5. The van der Waals surface area contributed by atoms with Crippen LogP contribution in [0.15, 0.2) is 42.5 Å². The van der Waals surface area contributed by atoms with Crippen LogP contribution in [0.5, 0.6) is 0 Å². The molecule has 0 bridgehead atoms. The highest BCUT2D eigenvalue weighted by Gasteiger charge is 2.44. The van der Waals surface area contributed by atoms with Gasteiger partial charge in [0.15, 0.2) is 0 Å². The number of anilines is 2. The number of hydrogen-bond acceptors (Lipinski definition) is 2. The molecule has 1 heterocycles. The summed E-state index contributed by atoms with van der Waals surface area (Å²) in [6.07, 6.45) is 0.538. The molecule has 0 aliphatic carbocycles. The first-order chi connectivity index (χ1) is 10.9. The van der Waals surface area contributed by atoms with Gasteiger partial charge in [-0.05, 0) is 43.2 Å². The highest BCUT2D eigenvalue weighted by atomic mass is 35.5. The van der Waals surface area contributed by atoms with Crippen LogP contribution >= 0.6 is 11.6 Å². The van der Waals surface area contributed by atoms with Crippen LogP contribution in [0, 0.1) is 0 Å². The quantitative estimate of drug-likeness (QED) is 0.901. The standard InChI is InChI=1S/C18H17ClN2O2/c1-11(22)20-13-8-6-12(7-9-13)10-18(2)16-14(19)4-3-5-15(16)21-17(18)23/h3-9H,10H2,1-2H3,(H,20,22)(H,21,23). The molecule has 2 aromatic rings. The van der Waals surface area contributed by atoms with Gasteiger partial charge in [-0.15, -0.1) is 0 Å². The van der Waals surface area contributed by atoms with E-state index in [4.69, 9.17) is 11.6 Å². The third-order valence-electron chi connectivity index (χ3n) is 4.15. The van der Waals surface area contributed by atoms with Gasteiger partial charge in [0.1, 0.15) is 0 Å². The predicted octanol–water partition coefficient (Wildman–Crippen LogP) is 3.75. The Labute approximate surface area is 139 Å². The first-order valence-electron chi connectivity index (χ1n) is 7.37. The van der Waals surface area contributed by atoms with E-state index < -0.39 is 5.41 Å². The molecule has 2 aromatic carbocycles. The summed E-state index contributed by atoms with van der Waals surface area (Å²) < 4.78 is 0. The summed E-state index contributed by atoms with van der Waals surface area (Å²) in [5.41, 5.74) is 2.66. The molecule has 0 radical (unpaired) electrons. The van der Waals surface area contributed by atoms with Crippen LogP contribution in [0.3, 0.4) is 0 Å². The van der Waals surface area contributed by atoms with Gasteiger partial charge in [-0.1, -0.05) is 29.8 Å². The van der Waals surface area contributed by atoms with Crippen molar-refractivity contribution in [3.05, 3.63) is 58.6 Å². The molecule has 0 fully saturated rings. The Hall–Kier alpha value is -2.33. The topological polar surface area (TPSA) is 58.2 Å². The number of halogens is 1. The Kier molecular flexibility index (Phi) is 3.86. The van der Waals surface area contributed by atoms with Crippen LogP contribution < -0.4 is 10.6 Å². The number of amides is 2. The van der Waals surface area contributed by atoms with Crippen LogP contribution in [0.25, 0.3) is 0 Å². The summed E-state index contributed by atoms with van der Waals surface area (Å²) in [6, 6.07) is 13.0. The van der Waals surface area contributed by atoms with Gasteiger partial charge in [0.05, 0.1) is 5.41 Å². The van der Waals surface area contributed by atoms with Gasteiger partial charge in [0, 0.05) is 28.9 Å². The lowest BCUT2D eigenvalue weighted by molar-refractivity contribution is -0.120. The Balaban J connectivity index is 1.91. The molecule has 0 aromatic heterocycles. The number of carbonyl (C=O) groups is 2. The summed E-state index contributed by atoms with van der Waals surface area (Å²) in [5, 5.41) is 6.23. The molecule has 5 heteroatoms. The van der Waals surface area contributed by atoms with E-state index in [1.165, 1.54) is 6.92 Å². The van der Waals surface area contributed by atoms with E-state index in [1.807, 2.05) is 43.3 Å². The zero-order chi connectivity index (χ0) is 16.6. The van der Waals surface area contributed by atoms with Crippen molar-refractivity contribution in [3.63, 3.8) is 0 Å². The average molecular weight is 329 g/mol. The van der Waals surface area contributed by atoms with Crippen molar-refractivity contribution < 1.29 is 9.59 Å². The maximum atomic E-state index is 12.5. The van der Waals surface area contributed by atoms with Crippen LogP contribution in [-0.2, 0) is 21.4 Å². The summed E-state index contributed by atoms with van der Waals surface area (Å²) in [6.45, 7) is 3.37. The van der Waals surface area contributed by atoms with Crippen LogP contribution in [0.1, 0.15) is 25.0 Å². The highest BCUT2D eigenvalue weighted by molar-refractivity contribution is 6.33. The summed E-state index contributed by atoms with van der Waals surface area (Å²) in [7, 11) is 0. The molecule has 0 saturated carbocycles. The zero-order valence-electron chi connectivity index (χ0n) is 12.9. The Morgan fingerprint density at radius 3 is 2.57 bits per heavy atom. The normalized spacial score (nSPS) is 19.2. The van der Waals surface area contributed by atoms with E-state index in [0.717, 1.165) is 22.5 Å². The molecule has 3 rings (SSSR count). The van der Waals surface area contributed by atoms with Crippen LogP contribution in [0.4, 0.5) is 11.4 Å². The average Bonchev–Trinajstić information content (AvgIpc) is 2.73. The fourth-order valence-corrected chi connectivity index (χ4v) is 3.43. The van der Waals surface area contributed by atoms with Gasteiger partial charge >= 0.3 is 0 Å². The van der Waals surface area contributed by atoms with Gasteiger partial charge in [-0.3, -0.25) is 9.59 Å². The van der Waals surface area contributed by atoms with Gasteiger partial charge < -0.3 is 10.6 Å². The molecule has 1 aliphatic rings. The van der Waals surface area contributed by atoms with E-state index in [1.54, 1.807) is 6.07 Å². The lowest BCUT2D eigenvalue weighted by Crippen LogP contribution is -2.33. The Bertz CT molecular complexity index is 786. The molecule has 23 heavy (non-hydrogen) atoms. The SMILES string of the molecule is CC(=O)Nc1ccc(CC2(C)C(=O)Nc3cccc(Cl)c32)cc1. The lowest BCUT2D eigenvalue weighted by Gasteiger charge is -2.23. The number of carbonyl (C=O) groups excluding carboxylic acids is 2. The third kappa shape index (κ3) is 2.82. The van der Waals surface area contributed by atoms with Crippen molar-refractivity contribution >= 4 is 34.8 Å². The van der Waals surface area contributed by atoms with Crippen LogP contribution in [0.2, 0.25) is 5.02 Å². The largest absolute Gasteiger partial charge is 0.326 e. The van der Waals surface area contributed by atoms with E-state index in [-0.39, 0.29) is 11.8 Å². The second-order valence-electron chi connectivity index (χ2n) is 6.00. The number of rotatable bonds is 3. The zero-order valence-corrected chi connectivity index (χ0v) is 13.7. The molecule has 1 aliphatic heterocycles. The molecular formula is C18H17ClN2O2. The molecule has 1 atom stereocenters. The van der Waals surface area contributed by atoms with Gasteiger partial charge in [0.2, 0.25) is 11.8 Å². The number of nitrogens with one attached hydrogen (secondary N) is 2. The van der Waals surface area contributed by atoms with Crippen molar-refractivity contribution in [2.24, 2.45) is 0 Å². The van der Waals surface area contributed by atoms with Crippen molar-refractivity contribution in [2.75, 3.05) is 10.6 Å². The van der Waals surface area contributed by atoms with Crippen molar-refractivity contribution in [2.45, 2.75) is 25.7 Å². The van der Waals surface area contributed by atoms with E-state index >= 15 is 0 Å². The molecule has 2 amide bonds. The molecule has 118 valence electrons. The van der Waals surface area contributed by atoms with E-state index in [0.29, 0.717) is 11.4 Å². The van der Waals surface area contributed by atoms with Gasteiger partial charge in [-0.2, -0.15) is 0 Å². The minimum absolute atomic E-state index is 0.0495. The lowest BCUT2D eigenvalue weighted by atomic mass is 9.78. The summed E-state index contributed by atoms with van der Waals surface area (Å²) in [4.78, 5) is 23.6. The predicted molar refractivity (Wildman–Crippen MR) is 91.9 cm³/mol. The fraction of sp³-hybridized carbons (Fsp3) is 0.222. The van der Waals surface area contributed by atoms with Gasteiger partial charge in [-0.25, -0.2) is 0 Å². The first-order valence-corrected chi connectivity index (χ1v) is 7.75. The second kappa shape index (κ2) is 5.70. The van der Waals surface area contributed by atoms with E-state index in [9.17, 15) is 9.59 Å². The number of benzene rings is 2. The molecule has 0 spiro atoms. The van der Waals surface area contributed by atoms with Crippen molar-refractivity contribution in [1.82, 2.24) is 0 Å². The number of hydrogen-bond donors (Lipinski definition) is 2. The minimum atomic E-state index is -0.705. The maximum Gasteiger partial charge on any atom is 0.235 e.